The van der Waals surface area contributed by atoms with E-state index in [1.165, 1.54) is 23.1 Å². The van der Waals surface area contributed by atoms with E-state index in [1.54, 1.807) is 62.8 Å². The summed E-state index contributed by atoms with van der Waals surface area (Å²) in [6, 6.07) is 28.9. The maximum absolute atomic E-state index is 13.5. The average Bonchev–Trinajstić information content (AvgIpc) is 3.58. The molecular formula is C37H33BrN4O5S2. The van der Waals surface area contributed by atoms with E-state index in [-0.39, 0.29) is 11.6 Å². The van der Waals surface area contributed by atoms with Gasteiger partial charge in [-0.25, -0.2) is 4.98 Å². The molecule has 4 aromatic carbocycles. The number of benzene rings is 4. The zero-order chi connectivity index (χ0) is 34.8. The predicted octanol–water partition coefficient (Wildman–Crippen LogP) is 8.51. The van der Waals surface area contributed by atoms with Crippen LogP contribution in [0, 0.1) is 0 Å². The smallest absolute Gasteiger partial charge is 0.272 e. The van der Waals surface area contributed by atoms with E-state index in [9.17, 15) is 14.4 Å². The Morgan fingerprint density at radius 2 is 1.67 bits per heavy atom. The van der Waals surface area contributed by atoms with Gasteiger partial charge >= 0.3 is 0 Å². The Labute approximate surface area is 301 Å². The van der Waals surface area contributed by atoms with Crippen molar-refractivity contribution in [2.75, 3.05) is 24.9 Å². The second-order valence-electron chi connectivity index (χ2n) is 10.5. The van der Waals surface area contributed by atoms with E-state index in [1.807, 2.05) is 66.9 Å². The van der Waals surface area contributed by atoms with Gasteiger partial charge in [0.1, 0.15) is 5.70 Å². The van der Waals surface area contributed by atoms with Crippen LogP contribution in [0.2, 0.25) is 0 Å². The largest absolute Gasteiger partial charge is 0.493 e. The molecule has 5 rings (SSSR count). The minimum absolute atomic E-state index is 0.0757. The van der Waals surface area contributed by atoms with Crippen molar-refractivity contribution in [1.82, 2.24) is 10.3 Å². The lowest BCUT2D eigenvalue weighted by molar-refractivity contribution is -0.116. The number of hydrogen-bond acceptors (Lipinski definition) is 8. The van der Waals surface area contributed by atoms with Gasteiger partial charge in [-0.2, -0.15) is 0 Å². The molecule has 3 N–H and O–H groups in total. The number of methoxy groups -OCH3 is 2. The number of carbonyl (C=O) groups is 3. The van der Waals surface area contributed by atoms with Crippen molar-refractivity contribution >= 4 is 73.6 Å². The predicted molar refractivity (Wildman–Crippen MR) is 200 cm³/mol. The number of carbonyl (C=O) groups excluding carboxylic acids is 3. The van der Waals surface area contributed by atoms with Crippen molar-refractivity contribution < 1.29 is 23.9 Å². The highest BCUT2D eigenvalue weighted by atomic mass is 79.9. The zero-order valence-corrected chi connectivity index (χ0v) is 30.1. The van der Waals surface area contributed by atoms with Crippen LogP contribution < -0.4 is 25.4 Å². The molecule has 3 amide bonds. The molecule has 5 aromatic rings. The summed E-state index contributed by atoms with van der Waals surface area (Å²) < 4.78 is 11.6. The Morgan fingerprint density at radius 3 is 2.41 bits per heavy atom. The number of hydrogen-bond donors (Lipinski definition) is 3. The fourth-order valence-corrected chi connectivity index (χ4v) is 6.84. The van der Waals surface area contributed by atoms with Gasteiger partial charge in [-0.05, 0) is 78.7 Å². The van der Waals surface area contributed by atoms with E-state index >= 15 is 0 Å². The van der Waals surface area contributed by atoms with E-state index in [2.05, 4.69) is 36.9 Å². The van der Waals surface area contributed by atoms with Crippen molar-refractivity contribution in [1.29, 1.82) is 0 Å². The molecular weight excluding hydrogens is 724 g/mol. The third kappa shape index (κ3) is 9.59. The summed E-state index contributed by atoms with van der Waals surface area (Å²) in [6.45, 7) is 1.94. The van der Waals surface area contributed by atoms with Crippen molar-refractivity contribution in [3.63, 3.8) is 0 Å². The number of anilines is 2. The number of halogens is 1. The molecule has 49 heavy (non-hydrogen) atoms. The van der Waals surface area contributed by atoms with Crippen LogP contribution >= 0.6 is 39.0 Å². The number of thioether (sulfide) groups is 1. The first-order chi connectivity index (χ1) is 23.8. The highest BCUT2D eigenvalue weighted by Crippen LogP contribution is 2.34. The first-order valence-electron chi connectivity index (χ1n) is 15.2. The molecule has 0 fully saturated rings. The summed E-state index contributed by atoms with van der Waals surface area (Å²) in [5.41, 5.74) is 3.28. The van der Waals surface area contributed by atoms with Crippen LogP contribution in [0.15, 0.2) is 118 Å². The van der Waals surface area contributed by atoms with Gasteiger partial charge in [0.25, 0.3) is 11.8 Å². The van der Waals surface area contributed by atoms with Gasteiger partial charge in [-0.3, -0.25) is 14.4 Å². The van der Waals surface area contributed by atoms with Crippen LogP contribution in [0.25, 0.3) is 17.3 Å². The average molecular weight is 758 g/mol. The Morgan fingerprint density at radius 1 is 0.898 bits per heavy atom. The third-order valence-corrected chi connectivity index (χ3v) is 9.74. The molecule has 1 atom stereocenters. The number of nitrogens with one attached hydrogen (secondary N) is 3. The molecule has 0 aliphatic carbocycles. The second-order valence-corrected chi connectivity index (χ2v) is 13.6. The Hall–Kier alpha value is -4.91. The number of ether oxygens (including phenoxy) is 2. The fourth-order valence-electron chi connectivity index (χ4n) is 4.68. The topological polar surface area (TPSA) is 119 Å². The lowest BCUT2D eigenvalue weighted by Gasteiger charge is -2.15. The van der Waals surface area contributed by atoms with Crippen LogP contribution in [0.4, 0.5) is 10.8 Å². The first kappa shape index (κ1) is 35.4. The molecule has 9 nitrogen and oxygen atoms in total. The summed E-state index contributed by atoms with van der Waals surface area (Å²) >= 11 is 6.17. The Kier molecular flexibility index (Phi) is 12.3. The SMILES string of the molecule is CCC(Sc1cccc(NC(=O)/C(=C\c2cccc(Br)c2)NC(=O)c2ccccc2)c1)C(=O)Nc1nc(-c2ccc(OC)c(OC)c2)cs1. The van der Waals surface area contributed by atoms with Gasteiger partial charge in [-0.1, -0.05) is 59.3 Å². The Bertz CT molecular complexity index is 1980. The lowest BCUT2D eigenvalue weighted by atomic mass is 10.1. The molecule has 0 bridgehead atoms. The molecule has 0 aliphatic heterocycles. The van der Waals surface area contributed by atoms with Crippen molar-refractivity contribution in [2.45, 2.75) is 23.5 Å². The maximum Gasteiger partial charge on any atom is 0.272 e. The molecule has 1 aromatic heterocycles. The molecule has 12 heteroatoms. The third-order valence-electron chi connectivity index (χ3n) is 7.14. The van der Waals surface area contributed by atoms with Crippen LogP contribution in [0.3, 0.4) is 0 Å². The number of nitrogens with zero attached hydrogens (tertiary/aromatic N) is 1. The van der Waals surface area contributed by atoms with Crippen molar-refractivity contribution in [3.8, 4) is 22.8 Å². The standard InChI is InChI=1S/C37H33BrN4O5S2/c1-4-33(36(45)42-37-41-30(22-48-37)25-16-17-31(46-2)32(20-25)47-3)49-28-15-9-14-27(21-28)39-35(44)29(19-23-10-8-13-26(38)18-23)40-34(43)24-11-6-5-7-12-24/h5-22,33H,4H2,1-3H3,(H,39,44)(H,40,43)(H,41,42,45)/b29-19+. The van der Waals surface area contributed by atoms with E-state index in [0.29, 0.717) is 40.0 Å². The summed E-state index contributed by atoms with van der Waals surface area (Å²) in [5.74, 6) is 0.124. The Balaban J connectivity index is 1.27. The van der Waals surface area contributed by atoms with E-state index in [0.717, 1.165) is 20.5 Å². The molecule has 1 heterocycles. The summed E-state index contributed by atoms with van der Waals surface area (Å²) in [6.07, 6.45) is 2.18. The number of thiazole rings is 1. The van der Waals surface area contributed by atoms with Gasteiger partial charge in [0.15, 0.2) is 16.6 Å². The van der Waals surface area contributed by atoms with Crippen LogP contribution in [0.1, 0.15) is 29.3 Å². The maximum atomic E-state index is 13.5. The zero-order valence-electron chi connectivity index (χ0n) is 26.9. The summed E-state index contributed by atoms with van der Waals surface area (Å²) in [5, 5.41) is 10.5. The molecule has 0 spiro atoms. The van der Waals surface area contributed by atoms with Gasteiger partial charge in [0.2, 0.25) is 5.91 Å². The molecule has 1 unspecified atom stereocenters. The van der Waals surface area contributed by atoms with E-state index in [4.69, 9.17) is 9.47 Å². The van der Waals surface area contributed by atoms with E-state index < -0.39 is 17.1 Å². The number of aromatic nitrogens is 1. The van der Waals surface area contributed by atoms with Gasteiger partial charge < -0.3 is 25.4 Å². The lowest BCUT2D eigenvalue weighted by Crippen LogP contribution is -2.30. The summed E-state index contributed by atoms with van der Waals surface area (Å²) in [4.78, 5) is 45.3. The quantitative estimate of drug-likeness (QED) is 0.0815. The minimum atomic E-state index is -0.495. The molecule has 0 saturated heterocycles. The van der Waals surface area contributed by atoms with Crippen LogP contribution in [-0.4, -0.2) is 42.2 Å². The second kappa shape index (κ2) is 17.0. The summed E-state index contributed by atoms with van der Waals surface area (Å²) in [7, 11) is 3.16. The minimum Gasteiger partial charge on any atom is -0.493 e. The molecule has 0 saturated carbocycles. The molecule has 250 valence electrons. The monoisotopic (exact) mass is 756 g/mol. The molecule has 0 radical (unpaired) electrons. The van der Waals surface area contributed by atoms with Gasteiger partial charge in [0, 0.05) is 31.6 Å². The van der Waals surface area contributed by atoms with Crippen molar-refractivity contribution in [3.05, 3.63) is 124 Å². The van der Waals surface area contributed by atoms with Gasteiger partial charge in [-0.15, -0.1) is 23.1 Å². The fraction of sp³-hybridized carbons (Fsp3) is 0.135. The first-order valence-corrected chi connectivity index (χ1v) is 17.7. The highest BCUT2D eigenvalue weighted by Gasteiger charge is 2.21. The van der Waals surface area contributed by atoms with Gasteiger partial charge in [0.05, 0.1) is 25.2 Å². The molecule has 0 aliphatic rings. The normalized spacial score (nSPS) is 11.7. The van der Waals surface area contributed by atoms with Crippen molar-refractivity contribution in [2.24, 2.45) is 0 Å². The number of rotatable bonds is 13. The van der Waals surface area contributed by atoms with Crippen LogP contribution in [-0.2, 0) is 9.59 Å². The van der Waals surface area contributed by atoms with Crippen LogP contribution in [0.5, 0.6) is 11.5 Å². The highest BCUT2D eigenvalue weighted by molar-refractivity contribution is 9.10. The number of amides is 3.